The highest BCUT2D eigenvalue weighted by molar-refractivity contribution is 5.75. The molecule has 2 heterocycles. The number of pyridine rings is 1. The van der Waals surface area contributed by atoms with Crippen LogP contribution in [0.4, 0.5) is 0 Å². The summed E-state index contributed by atoms with van der Waals surface area (Å²) >= 11 is 0. The van der Waals surface area contributed by atoms with Crippen molar-refractivity contribution in [2.45, 2.75) is 0 Å². The third-order valence-electron chi connectivity index (χ3n) is 2.92. The van der Waals surface area contributed by atoms with Gasteiger partial charge in [0.15, 0.2) is 17.8 Å². The average molecular weight is 257 g/mol. The highest BCUT2D eigenvalue weighted by atomic mass is 16.6. The summed E-state index contributed by atoms with van der Waals surface area (Å²) in [6, 6.07) is 8.63. The van der Waals surface area contributed by atoms with E-state index in [1.807, 2.05) is 6.07 Å². The van der Waals surface area contributed by atoms with Crippen molar-refractivity contribution in [2.24, 2.45) is 0 Å². The highest BCUT2D eigenvalue weighted by Gasteiger charge is 2.12. The van der Waals surface area contributed by atoms with Crippen molar-refractivity contribution in [2.75, 3.05) is 13.2 Å². The number of aromatic amines is 1. The smallest absolute Gasteiger partial charge is 0.258 e. The van der Waals surface area contributed by atoms with Crippen LogP contribution in [0.1, 0.15) is 10.4 Å². The Morgan fingerprint density at radius 1 is 1.05 bits per heavy atom. The van der Waals surface area contributed by atoms with Crippen LogP contribution >= 0.6 is 0 Å². The van der Waals surface area contributed by atoms with Gasteiger partial charge in [-0.05, 0) is 30.3 Å². The Balaban J connectivity index is 2.04. The maximum absolute atomic E-state index is 11.6. The molecular formula is C14H11NO4. The topological polar surface area (TPSA) is 68.4 Å². The minimum atomic E-state index is -0.401. The first-order valence-electron chi connectivity index (χ1n) is 5.86. The number of aromatic nitrogens is 1. The molecule has 1 aromatic carbocycles. The Bertz CT molecular complexity index is 690. The van der Waals surface area contributed by atoms with Gasteiger partial charge in [-0.25, -0.2) is 0 Å². The summed E-state index contributed by atoms with van der Waals surface area (Å²) in [5, 5.41) is 0. The number of benzene rings is 1. The molecule has 0 amide bonds. The van der Waals surface area contributed by atoms with E-state index in [1.54, 1.807) is 18.2 Å². The van der Waals surface area contributed by atoms with E-state index in [0.29, 0.717) is 36.7 Å². The fraction of sp³-hybridized carbons (Fsp3) is 0.143. The summed E-state index contributed by atoms with van der Waals surface area (Å²) in [5.41, 5.74) is 1.15. The first-order valence-corrected chi connectivity index (χ1v) is 5.86. The standard InChI is InChI=1S/C14H11NO4/c16-8-10-1-3-11(15-14(10)17)9-2-4-12-13(7-9)19-6-5-18-12/h1-4,7-8H,5-6H2,(H,15,17). The molecular weight excluding hydrogens is 246 g/mol. The van der Waals surface area contributed by atoms with E-state index >= 15 is 0 Å². The average Bonchev–Trinajstić information content (AvgIpc) is 2.46. The van der Waals surface area contributed by atoms with Gasteiger partial charge in [0.1, 0.15) is 13.2 Å². The maximum atomic E-state index is 11.6. The van der Waals surface area contributed by atoms with Crippen molar-refractivity contribution >= 4 is 6.29 Å². The van der Waals surface area contributed by atoms with Gasteiger partial charge in [0.05, 0.1) is 5.56 Å². The SMILES string of the molecule is O=Cc1ccc(-c2ccc3c(c2)OCCO3)[nH]c1=O. The highest BCUT2D eigenvalue weighted by Crippen LogP contribution is 2.33. The molecule has 5 nitrogen and oxygen atoms in total. The Labute approximate surface area is 108 Å². The lowest BCUT2D eigenvalue weighted by Crippen LogP contribution is -2.15. The second-order valence-electron chi connectivity index (χ2n) is 4.13. The van der Waals surface area contributed by atoms with Crippen LogP contribution in [0, 0.1) is 0 Å². The number of rotatable bonds is 2. The van der Waals surface area contributed by atoms with Gasteiger partial charge in [-0.15, -0.1) is 0 Å². The minimum absolute atomic E-state index is 0.112. The molecule has 0 saturated heterocycles. The molecule has 1 aromatic heterocycles. The molecule has 0 unspecified atom stereocenters. The Morgan fingerprint density at radius 2 is 1.84 bits per heavy atom. The lowest BCUT2D eigenvalue weighted by atomic mass is 10.1. The molecule has 0 radical (unpaired) electrons. The third kappa shape index (κ3) is 2.10. The van der Waals surface area contributed by atoms with E-state index in [9.17, 15) is 9.59 Å². The van der Waals surface area contributed by atoms with Crippen molar-refractivity contribution in [3.63, 3.8) is 0 Å². The zero-order chi connectivity index (χ0) is 13.2. The largest absolute Gasteiger partial charge is 0.486 e. The number of carbonyl (C=O) groups is 1. The summed E-state index contributed by atoms with van der Waals surface area (Å²) in [7, 11) is 0. The van der Waals surface area contributed by atoms with Crippen LogP contribution in [0.25, 0.3) is 11.3 Å². The predicted octanol–water partition coefficient (Wildman–Crippen LogP) is 1.63. The van der Waals surface area contributed by atoms with Crippen LogP contribution in [0.5, 0.6) is 11.5 Å². The van der Waals surface area contributed by atoms with Crippen LogP contribution < -0.4 is 15.0 Å². The molecule has 96 valence electrons. The normalized spacial score (nSPS) is 13.1. The van der Waals surface area contributed by atoms with Gasteiger partial charge in [0, 0.05) is 11.3 Å². The minimum Gasteiger partial charge on any atom is -0.486 e. The lowest BCUT2D eigenvalue weighted by Gasteiger charge is -2.18. The molecule has 2 aromatic rings. The molecule has 5 heteroatoms. The zero-order valence-electron chi connectivity index (χ0n) is 10.0. The second-order valence-corrected chi connectivity index (χ2v) is 4.13. The molecule has 1 aliphatic rings. The van der Waals surface area contributed by atoms with Crippen molar-refractivity contribution in [3.8, 4) is 22.8 Å². The molecule has 1 N–H and O–H groups in total. The molecule has 0 atom stereocenters. The van der Waals surface area contributed by atoms with E-state index in [0.717, 1.165) is 5.56 Å². The fourth-order valence-corrected chi connectivity index (χ4v) is 1.96. The number of hydrogen-bond acceptors (Lipinski definition) is 4. The molecule has 0 bridgehead atoms. The number of nitrogens with one attached hydrogen (secondary N) is 1. The zero-order valence-corrected chi connectivity index (χ0v) is 10.0. The Kier molecular flexibility index (Phi) is 2.79. The quantitative estimate of drug-likeness (QED) is 0.830. The van der Waals surface area contributed by atoms with Crippen LogP contribution in [0.2, 0.25) is 0 Å². The number of H-pyrrole nitrogens is 1. The van der Waals surface area contributed by atoms with E-state index in [-0.39, 0.29) is 5.56 Å². The van der Waals surface area contributed by atoms with Crippen LogP contribution in [-0.4, -0.2) is 24.5 Å². The molecule has 1 aliphatic heterocycles. The van der Waals surface area contributed by atoms with Crippen molar-refractivity contribution in [1.29, 1.82) is 0 Å². The van der Waals surface area contributed by atoms with E-state index in [2.05, 4.69) is 4.98 Å². The maximum Gasteiger partial charge on any atom is 0.258 e. The van der Waals surface area contributed by atoms with Gasteiger partial charge in [-0.3, -0.25) is 9.59 Å². The molecule has 0 aliphatic carbocycles. The molecule has 19 heavy (non-hydrogen) atoms. The summed E-state index contributed by atoms with van der Waals surface area (Å²) in [6.45, 7) is 1.05. The third-order valence-corrected chi connectivity index (χ3v) is 2.92. The first-order chi connectivity index (χ1) is 9.28. The van der Waals surface area contributed by atoms with Crippen LogP contribution in [0.3, 0.4) is 0 Å². The summed E-state index contributed by atoms with van der Waals surface area (Å²) in [4.78, 5) is 24.9. The summed E-state index contributed by atoms with van der Waals surface area (Å²) < 4.78 is 10.9. The predicted molar refractivity (Wildman–Crippen MR) is 68.9 cm³/mol. The summed E-state index contributed by atoms with van der Waals surface area (Å²) in [6.07, 6.45) is 0.534. The van der Waals surface area contributed by atoms with E-state index in [1.165, 1.54) is 6.07 Å². The number of hydrogen-bond donors (Lipinski definition) is 1. The number of aldehydes is 1. The molecule has 0 fully saturated rings. The van der Waals surface area contributed by atoms with Crippen LogP contribution in [0.15, 0.2) is 35.1 Å². The van der Waals surface area contributed by atoms with Crippen molar-refractivity contribution in [1.82, 2.24) is 4.98 Å². The summed E-state index contributed by atoms with van der Waals surface area (Å²) in [5.74, 6) is 1.35. The molecule has 0 spiro atoms. The number of fused-ring (bicyclic) bond motifs is 1. The molecule has 0 saturated carbocycles. The van der Waals surface area contributed by atoms with Crippen molar-refractivity contribution < 1.29 is 14.3 Å². The second kappa shape index (κ2) is 4.61. The van der Waals surface area contributed by atoms with Gasteiger partial charge in [-0.1, -0.05) is 0 Å². The first kappa shape index (κ1) is 11.5. The van der Waals surface area contributed by atoms with Gasteiger partial charge in [0.2, 0.25) is 0 Å². The Morgan fingerprint density at radius 3 is 2.58 bits per heavy atom. The van der Waals surface area contributed by atoms with Gasteiger partial charge >= 0.3 is 0 Å². The Hall–Kier alpha value is -2.56. The van der Waals surface area contributed by atoms with Gasteiger partial charge in [0.25, 0.3) is 5.56 Å². The van der Waals surface area contributed by atoms with E-state index < -0.39 is 5.56 Å². The van der Waals surface area contributed by atoms with Crippen LogP contribution in [-0.2, 0) is 0 Å². The van der Waals surface area contributed by atoms with E-state index in [4.69, 9.17) is 9.47 Å². The number of carbonyl (C=O) groups excluding carboxylic acids is 1. The lowest BCUT2D eigenvalue weighted by molar-refractivity contribution is 0.112. The van der Waals surface area contributed by atoms with Gasteiger partial charge < -0.3 is 14.5 Å². The van der Waals surface area contributed by atoms with Crippen molar-refractivity contribution in [3.05, 3.63) is 46.2 Å². The van der Waals surface area contributed by atoms with Gasteiger partial charge in [-0.2, -0.15) is 0 Å². The fourth-order valence-electron chi connectivity index (χ4n) is 1.96. The number of ether oxygens (including phenoxy) is 2. The molecule has 3 rings (SSSR count). The monoisotopic (exact) mass is 257 g/mol.